The number of benzene rings is 2. The third kappa shape index (κ3) is 5.97. The molecule has 2 unspecified atom stereocenters. The Balaban J connectivity index is 1.99. The van der Waals surface area contributed by atoms with Crippen LogP contribution in [0, 0.1) is 0 Å². The van der Waals surface area contributed by atoms with Crippen molar-refractivity contribution in [2.75, 3.05) is 6.61 Å². The molecule has 0 radical (unpaired) electrons. The van der Waals surface area contributed by atoms with Crippen molar-refractivity contribution in [2.24, 2.45) is 5.73 Å². The highest BCUT2D eigenvalue weighted by molar-refractivity contribution is 5.75. The van der Waals surface area contributed by atoms with E-state index in [0.717, 1.165) is 5.56 Å². The van der Waals surface area contributed by atoms with Gasteiger partial charge in [0.15, 0.2) is 11.5 Å². The number of carbonyl (C=O) groups is 2. The van der Waals surface area contributed by atoms with E-state index in [1.165, 1.54) is 18.2 Å². The van der Waals surface area contributed by atoms with Crippen LogP contribution in [0.15, 0.2) is 48.5 Å². The van der Waals surface area contributed by atoms with Gasteiger partial charge in [-0.15, -0.1) is 0 Å². The van der Waals surface area contributed by atoms with E-state index < -0.39 is 35.8 Å². The molecule has 150 valence electrons. The van der Waals surface area contributed by atoms with Gasteiger partial charge >= 0.3 is 11.9 Å². The Morgan fingerprint density at radius 1 is 1.04 bits per heavy atom. The number of hydrogen-bond acceptors (Lipinski definition) is 7. The van der Waals surface area contributed by atoms with Crippen LogP contribution in [0.4, 0.5) is 0 Å². The monoisotopic (exact) mass is 389 g/mol. The summed E-state index contributed by atoms with van der Waals surface area (Å²) >= 11 is 0. The van der Waals surface area contributed by atoms with E-state index in [9.17, 15) is 30.0 Å². The number of rotatable bonds is 9. The molecule has 0 spiro atoms. The number of phenolic OH excluding ortho intramolecular Hbond substituents is 2. The summed E-state index contributed by atoms with van der Waals surface area (Å²) in [7, 11) is 0. The maximum atomic E-state index is 11.9. The number of aliphatic carboxylic acids is 1. The second-order valence-corrected chi connectivity index (χ2v) is 6.45. The van der Waals surface area contributed by atoms with Crippen LogP contribution in [0.3, 0.4) is 0 Å². The van der Waals surface area contributed by atoms with Crippen molar-refractivity contribution in [1.82, 2.24) is 0 Å². The van der Waals surface area contributed by atoms with Gasteiger partial charge in [0.1, 0.15) is 12.6 Å². The minimum Gasteiger partial charge on any atom is -0.504 e. The van der Waals surface area contributed by atoms with Gasteiger partial charge in [0.2, 0.25) is 0 Å². The molecule has 8 heteroatoms. The van der Waals surface area contributed by atoms with Crippen molar-refractivity contribution in [3.8, 4) is 11.5 Å². The molecule has 28 heavy (non-hydrogen) atoms. The molecule has 0 saturated carbocycles. The molecule has 0 aliphatic rings. The Kier molecular flexibility index (Phi) is 7.36. The van der Waals surface area contributed by atoms with Crippen LogP contribution in [0.5, 0.6) is 11.5 Å². The van der Waals surface area contributed by atoms with E-state index in [1.54, 1.807) is 24.3 Å². The molecule has 8 nitrogen and oxygen atoms in total. The lowest BCUT2D eigenvalue weighted by Crippen LogP contribution is -2.39. The van der Waals surface area contributed by atoms with Gasteiger partial charge in [0.25, 0.3) is 0 Å². The minimum atomic E-state index is -1.36. The highest BCUT2D eigenvalue weighted by atomic mass is 16.5. The standard InChI is InChI=1S/C20H23NO7/c21-19(20(26)27)15(13-6-7-16(23)17(24)9-13)10-14(22)11-28-18(25)8-12-4-2-1-3-5-12/h1-7,9,14-15,19,22-24H,8,10-11,21H2,(H,26,27)/t14?,15?,19-/m0/s1. The summed E-state index contributed by atoms with van der Waals surface area (Å²) < 4.78 is 5.06. The highest BCUT2D eigenvalue weighted by Gasteiger charge is 2.29. The van der Waals surface area contributed by atoms with Crippen molar-refractivity contribution in [2.45, 2.75) is 30.9 Å². The average molecular weight is 389 g/mol. The van der Waals surface area contributed by atoms with Crippen molar-refractivity contribution < 1.29 is 34.8 Å². The third-order valence-corrected chi connectivity index (χ3v) is 4.30. The van der Waals surface area contributed by atoms with Crippen LogP contribution in [-0.2, 0) is 20.7 Å². The van der Waals surface area contributed by atoms with Crippen LogP contribution in [0.1, 0.15) is 23.5 Å². The zero-order chi connectivity index (χ0) is 20.7. The lowest BCUT2D eigenvalue weighted by Gasteiger charge is -2.24. The van der Waals surface area contributed by atoms with Crippen LogP contribution in [-0.4, -0.2) is 51.1 Å². The van der Waals surface area contributed by atoms with Gasteiger partial charge in [-0.2, -0.15) is 0 Å². The average Bonchev–Trinajstić information content (AvgIpc) is 2.67. The molecule has 0 aliphatic carbocycles. The van der Waals surface area contributed by atoms with Gasteiger partial charge in [0, 0.05) is 5.92 Å². The fourth-order valence-electron chi connectivity index (χ4n) is 2.80. The number of nitrogens with two attached hydrogens (primary N) is 1. The van der Waals surface area contributed by atoms with Crippen molar-refractivity contribution in [1.29, 1.82) is 0 Å². The summed E-state index contributed by atoms with van der Waals surface area (Å²) in [6.45, 7) is -0.321. The number of carbonyl (C=O) groups excluding carboxylic acids is 1. The molecule has 2 aromatic rings. The molecule has 0 fully saturated rings. The molecular formula is C20H23NO7. The van der Waals surface area contributed by atoms with E-state index in [4.69, 9.17) is 10.5 Å². The SMILES string of the molecule is N[C@H](C(=O)O)C(CC(O)COC(=O)Cc1ccccc1)c1ccc(O)c(O)c1. The first-order valence-corrected chi connectivity index (χ1v) is 8.65. The maximum Gasteiger partial charge on any atom is 0.321 e. The van der Waals surface area contributed by atoms with Gasteiger partial charge < -0.3 is 30.9 Å². The number of phenols is 2. The summed E-state index contributed by atoms with van der Waals surface area (Å²) in [5.74, 6) is -3.46. The van der Waals surface area contributed by atoms with Gasteiger partial charge in [0.05, 0.1) is 12.5 Å². The predicted molar refractivity (Wildman–Crippen MR) is 99.9 cm³/mol. The maximum absolute atomic E-state index is 11.9. The second kappa shape index (κ2) is 9.72. The smallest absolute Gasteiger partial charge is 0.321 e. The molecule has 0 bridgehead atoms. The number of aliphatic hydroxyl groups is 1. The highest BCUT2D eigenvalue weighted by Crippen LogP contribution is 2.32. The van der Waals surface area contributed by atoms with Gasteiger partial charge in [-0.05, 0) is 29.7 Å². The van der Waals surface area contributed by atoms with Crippen molar-refractivity contribution in [3.05, 3.63) is 59.7 Å². The number of aliphatic hydroxyl groups excluding tert-OH is 1. The number of esters is 1. The van der Waals surface area contributed by atoms with Gasteiger partial charge in [-0.25, -0.2) is 0 Å². The molecule has 0 saturated heterocycles. The molecular weight excluding hydrogens is 366 g/mol. The Morgan fingerprint density at radius 2 is 1.71 bits per heavy atom. The predicted octanol–water partition coefficient (Wildman–Crippen LogP) is 1.13. The zero-order valence-electron chi connectivity index (χ0n) is 15.1. The molecule has 0 amide bonds. The third-order valence-electron chi connectivity index (χ3n) is 4.30. The largest absolute Gasteiger partial charge is 0.504 e. The van der Waals surface area contributed by atoms with Crippen LogP contribution in [0.25, 0.3) is 0 Å². The van der Waals surface area contributed by atoms with E-state index in [-0.39, 0.29) is 25.2 Å². The Labute approximate surface area is 161 Å². The molecule has 0 aromatic heterocycles. The number of carboxylic acid groups (broad SMARTS) is 1. The molecule has 2 aromatic carbocycles. The normalized spacial score (nSPS) is 14.1. The first-order chi connectivity index (χ1) is 13.3. The van der Waals surface area contributed by atoms with Crippen LogP contribution in [0.2, 0.25) is 0 Å². The Hall–Kier alpha value is -3.10. The summed E-state index contributed by atoms with van der Waals surface area (Å²) in [5, 5.41) is 38.5. The number of ether oxygens (including phenoxy) is 1. The Morgan fingerprint density at radius 3 is 2.32 bits per heavy atom. The molecule has 3 atom stereocenters. The van der Waals surface area contributed by atoms with E-state index in [2.05, 4.69) is 0 Å². The number of hydrogen-bond donors (Lipinski definition) is 5. The minimum absolute atomic E-state index is 0.0530. The quantitative estimate of drug-likeness (QED) is 0.316. The molecule has 0 aliphatic heterocycles. The van der Waals surface area contributed by atoms with Crippen LogP contribution >= 0.6 is 0 Å². The molecule has 2 rings (SSSR count). The van der Waals surface area contributed by atoms with E-state index >= 15 is 0 Å². The zero-order valence-corrected chi connectivity index (χ0v) is 15.1. The number of carboxylic acids is 1. The van der Waals surface area contributed by atoms with Gasteiger partial charge in [-0.1, -0.05) is 36.4 Å². The molecule has 0 heterocycles. The van der Waals surface area contributed by atoms with E-state index in [0.29, 0.717) is 5.56 Å². The lowest BCUT2D eigenvalue weighted by molar-refractivity contribution is -0.146. The van der Waals surface area contributed by atoms with E-state index in [1.807, 2.05) is 6.07 Å². The van der Waals surface area contributed by atoms with Crippen LogP contribution < -0.4 is 5.73 Å². The Bertz CT molecular complexity index is 809. The summed E-state index contributed by atoms with van der Waals surface area (Å²) in [5.41, 5.74) is 6.83. The van der Waals surface area contributed by atoms with Crippen molar-refractivity contribution >= 4 is 11.9 Å². The topological polar surface area (TPSA) is 150 Å². The summed E-state index contributed by atoms with van der Waals surface area (Å²) in [6.07, 6.45) is -1.22. The first-order valence-electron chi connectivity index (χ1n) is 8.65. The fraction of sp³-hybridized carbons (Fsp3) is 0.300. The summed E-state index contributed by atoms with van der Waals surface area (Å²) in [4.78, 5) is 23.2. The lowest BCUT2D eigenvalue weighted by atomic mass is 9.87. The van der Waals surface area contributed by atoms with Crippen molar-refractivity contribution in [3.63, 3.8) is 0 Å². The summed E-state index contributed by atoms with van der Waals surface area (Å²) in [6, 6.07) is 11.4. The first kappa shape index (κ1) is 21.2. The number of aromatic hydroxyl groups is 2. The molecule has 6 N–H and O–H groups in total. The second-order valence-electron chi connectivity index (χ2n) is 6.45. The van der Waals surface area contributed by atoms with Gasteiger partial charge in [-0.3, -0.25) is 9.59 Å². The fourth-order valence-corrected chi connectivity index (χ4v) is 2.80.